The molecular formula is C31H38FN3O5S. The van der Waals surface area contributed by atoms with Crippen LogP contribution in [0, 0.1) is 12.7 Å². The highest BCUT2D eigenvalue weighted by Gasteiger charge is 2.34. The predicted molar refractivity (Wildman–Crippen MR) is 158 cm³/mol. The first-order valence-corrected chi connectivity index (χ1v) is 15.1. The number of benzene rings is 3. The van der Waals surface area contributed by atoms with Crippen LogP contribution < -0.4 is 14.4 Å². The minimum atomic E-state index is -4.35. The Hall–Kier alpha value is -3.92. The van der Waals surface area contributed by atoms with Gasteiger partial charge in [-0.1, -0.05) is 62.2 Å². The molecule has 220 valence electrons. The number of nitrogens with zero attached hydrogens (tertiary/aromatic N) is 2. The van der Waals surface area contributed by atoms with Gasteiger partial charge in [0.05, 0.1) is 17.7 Å². The number of amides is 2. The number of anilines is 1. The number of nitrogens with one attached hydrogen (secondary N) is 1. The third-order valence-electron chi connectivity index (χ3n) is 6.74. The van der Waals surface area contributed by atoms with Crippen molar-refractivity contribution < 1.29 is 27.1 Å². The summed E-state index contributed by atoms with van der Waals surface area (Å²) >= 11 is 0. The summed E-state index contributed by atoms with van der Waals surface area (Å²) in [5.74, 6) is -1.13. The summed E-state index contributed by atoms with van der Waals surface area (Å²) in [5, 5.41) is 2.88. The second-order valence-electron chi connectivity index (χ2n) is 9.71. The van der Waals surface area contributed by atoms with E-state index in [2.05, 4.69) is 5.32 Å². The Morgan fingerprint density at radius 1 is 0.976 bits per heavy atom. The van der Waals surface area contributed by atoms with Gasteiger partial charge in [0.1, 0.15) is 24.2 Å². The van der Waals surface area contributed by atoms with Gasteiger partial charge in [-0.25, -0.2) is 12.8 Å². The molecule has 0 aliphatic carbocycles. The number of carbonyl (C=O) groups excluding carboxylic acids is 2. The number of rotatable bonds is 14. The van der Waals surface area contributed by atoms with Crippen molar-refractivity contribution in [2.24, 2.45) is 0 Å². The van der Waals surface area contributed by atoms with E-state index in [9.17, 15) is 18.0 Å². The van der Waals surface area contributed by atoms with Crippen molar-refractivity contribution in [1.82, 2.24) is 10.2 Å². The number of ether oxygens (including phenoxy) is 1. The van der Waals surface area contributed by atoms with Gasteiger partial charge in [0.15, 0.2) is 0 Å². The van der Waals surface area contributed by atoms with Crippen LogP contribution >= 0.6 is 0 Å². The molecule has 0 saturated carbocycles. The van der Waals surface area contributed by atoms with E-state index in [1.54, 1.807) is 50.4 Å². The number of unbranched alkanes of at least 4 members (excludes halogenated alkanes) is 1. The van der Waals surface area contributed by atoms with Gasteiger partial charge in [-0.15, -0.1) is 0 Å². The van der Waals surface area contributed by atoms with Crippen LogP contribution in [0.3, 0.4) is 0 Å². The number of para-hydroxylation sites is 1. The summed E-state index contributed by atoms with van der Waals surface area (Å²) in [6, 6.07) is 17.7. The summed E-state index contributed by atoms with van der Waals surface area (Å²) in [6.07, 6.45) is 1.97. The van der Waals surface area contributed by atoms with Crippen molar-refractivity contribution in [3.8, 4) is 5.75 Å². The van der Waals surface area contributed by atoms with Gasteiger partial charge in [-0.05, 0) is 61.7 Å². The second-order valence-corrected chi connectivity index (χ2v) is 11.6. The van der Waals surface area contributed by atoms with Gasteiger partial charge in [0.2, 0.25) is 11.8 Å². The SMILES string of the molecule is CCCCNC(=O)[C@@H](CC)N(Cc1ccc(OC)cc1)C(=O)CN(c1ccccc1F)S(=O)(=O)c1ccc(C)cc1. The van der Waals surface area contributed by atoms with Gasteiger partial charge in [-0.3, -0.25) is 13.9 Å². The van der Waals surface area contributed by atoms with Crippen LogP contribution in [-0.2, 0) is 26.2 Å². The van der Waals surface area contributed by atoms with Gasteiger partial charge in [0.25, 0.3) is 10.0 Å². The lowest BCUT2D eigenvalue weighted by Crippen LogP contribution is -2.52. The first-order valence-electron chi connectivity index (χ1n) is 13.7. The Labute approximate surface area is 242 Å². The molecule has 1 N–H and O–H groups in total. The predicted octanol–water partition coefficient (Wildman–Crippen LogP) is 5.06. The lowest BCUT2D eigenvalue weighted by Gasteiger charge is -2.33. The van der Waals surface area contributed by atoms with Crippen molar-refractivity contribution in [3.63, 3.8) is 0 Å². The maximum absolute atomic E-state index is 15.0. The maximum atomic E-state index is 15.0. The molecule has 2 amide bonds. The molecule has 10 heteroatoms. The Balaban J connectivity index is 2.04. The third-order valence-corrected chi connectivity index (χ3v) is 8.51. The van der Waals surface area contributed by atoms with E-state index in [0.717, 1.165) is 34.3 Å². The lowest BCUT2D eigenvalue weighted by atomic mass is 10.1. The number of hydrogen-bond acceptors (Lipinski definition) is 5. The van der Waals surface area contributed by atoms with E-state index in [1.807, 2.05) is 13.8 Å². The largest absolute Gasteiger partial charge is 0.497 e. The molecule has 0 bridgehead atoms. The van der Waals surface area contributed by atoms with Crippen LogP contribution in [0.15, 0.2) is 77.7 Å². The zero-order valence-corrected chi connectivity index (χ0v) is 24.8. The first-order chi connectivity index (χ1) is 19.6. The summed E-state index contributed by atoms with van der Waals surface area (Å²) in [4.78, 5) is 28.5. The summed E-state index contributed by atoms with van der Waals surface area (Å²) in [5.41, 5.74) is 1.31. The van der Waals surface area contributed by atoms with Gasteiger partial charge in [-0.2, -0.15) is 0 Å². The summed E-state index contributed by atoms with van der Waals surface area (Å²) in [6.45, 7) is 5.41. The first kappa shape index (κ1) is 31.6. The van der Waals surface area contributed by atoms with Crippen molar-refractivity contribution >= 4 is 27.5 Å². The zero-order valence-electron chi connectivity index (χ0n) is 24.0. The van der Waals surface area contributed by atoms with E-state index >= 15 is 4.39 Å². The monoisotopic (exact) mass is 583 g/mol. The molecule has 41 heavy (non-hydrogen) atoms. The Kier molecular flexibility index (Phi) is 11.3. The molecule has 3 aromatic rings. The van der Waals surface area contributed by atoms with Crippen molar-refractivity contribution in [2.75, 3.05) is 24.5 Å². The number of aryl methyl sites for hydroxylation is 1. The summed E-state index contributed by atoms with van der Waals surface area (Å²) in [7, 11) is -2.80. The molecule has 3 aromatic carbocycles. The number of carbonyl (C=O) groups is 2. The Morgan fingerprint density at radius 2 is 1.63 bits per heavy atom. The van der Waals surface area contributed by atoms with E-state index in [4.69, 9.17) is 4.74 Å². The molecule has 0 aromatic heterocycles. The molecule has 0 unspecified atom stereocenters. The number of halogens is 1. The molecule has 3 rings (SSSR count). The van der Waals surface area contributed by atoms with Crippen LogP contribution in [0.5, 0.6) is 5.75 Å². The molecule has 0 aliphatic heterocycles. The highest BCUT2D eigenvalue weighted by Crippen LogP contribution is 2.27. The summed E-state index contributed by atoms with van der Waals surface area (Å²) < 4.78 is 48.7. The van der Waals surface area contributed by atoms with E-state index < -0.39 is 34.3 Å². The van der Waals surface area contributed by atoms with E-state index in [1.165, 1.54) is 35.2 Å². The molecule has 0 fully saturated rings. The zero-order chi connectivity index (χ0) is 30.0. The smallest absolute Gasteiger partial charge is 0.264 e. The fourth-order valence-electron chi connectivity index (χ4n) is 4.36. The highest BCUT2D eigenvalue weighted by molar-refractivity contribution is 7.92. The van der Waals surface area contributed by atoms with Crippen molar-refractivity contribution in [1.29, 1.82) is 0 Å². The standard InChI is InChI=1S/C31H38FN3O5S/c1-5-7-20-33-31(37)28(6-2)34(21-24-14-16-25(40-4)17-15-24)30(36)22-35(29-11-9-8-10-27(29)32)41(38,39)26-18-12-23(3)13-19-26/h8-19,28H,5-7,20-22H2,1-4H3,(H,33,37)/t28-/m1/s1. The Bertz CT molecular complexity index is 1410. The third kappa shape index (κ3) is 8.07. The van der Waals surface area contributed by atoms with Gasteiger partial charge < -0.3 is 15.0 Å². The average molecular weight is 584 g/mol. The van der Waals surface area contributed by atoms with Crippen molar-refractivity contribution in [3.05, 3.63) is 89.7 Å². The second kappa shape index (κ2) is 14.6. The van der Waals surface area contributed by atoms with Crippen molar-refractivity contribution in [2.45, 2.75) is 57.5 Å². The topological polar surface area (TPSA) is 96.0 Å². The molecule has 0 heterocycles. The fraction of sp³-hybridized carbons (Fsp3) is 0.355. The van der Waals surface area contributed by atoms with E-state index in [-0.39, 0.29) is 23.0 Å². The van der Waals surface area contributed by atoms with Crippen LogP contribution in [0.4, 0.5) is 10.1 Å². The van der Waals surface area contributed by atoms with E-state index in [0.29, 0.717) is 18.7 Å². The molecule has 0 aliphatic rings. The molecule has 0 saturated heterocycles. The van der Waals surface area contributed by atoms with Crippen LogP contribution in [-0.4, -0.2) is 51.4 Å². The Morgan fingerprint density at radius 3 is 2.22 bits per heavy atom. The number of sulfonamides is 1. The minimum absolute atomic E-state index is 0.0399. The number of hydrogen-bond donors (Lipinski definition) is 1. The number of methoxy groups -OCH3 is 1. The van der Waals surface area contributed by atoms with Crippen LogP contribution in [0.1, 0.15) is 44.2 Å². The molecule has 1 atom stereocenters. The maximum Gasteiger partial charge on any atom is 0.264 e. The van der Waals surface area contributed by atoms with Crippen LogP contribution in [0.25, 0.3) is 0 Å². The molecule has 8 nitrogen and oxygen atoms in total. The molecule has 0 spiro atoms. The average Bonchev–Trinajstić information content (AvgIpc) is 2.96. The lowest BCUT2D eigenvalue weighted by molar-refractivity contribution is -0.140. The highest BCUT2D eigenvalue weighted by atomic mass is 32.2. The quantitative estimate of drug-likeness (QED) is 0.268. The normalized spacial score (nSPS) is 11.9. The van der Waals surface area contributed by atoms with Gasteiger partial charge >= 0.3 is 0 Å². The fourth-order valence-corrected chi connectivity index (χ4v) is 5.78. The molecule has 0 radical (unpaired) electrons. The molecular weight excluding hydrogens is 545 g/mol. The minimum Gasteiger partial charge on any atom is -0.497 e. The van der Waals surface area contributed by atoms with Crippen LogP contribution in [0.2, 0.25) is 0 Å². The van der Waals surface area contributed by atoms with Gasteiger partial charge in [0, 0.05) is 13.1 Å².